The average molecular weight is 318 g/mol. The first-order chi connectivity index (χ1) is 9.25. The van der Waals surface area contributed by atoms with Crippen LogP contribution in [-0.4, -0.2) is 31.2 Å². The van der Waals surface area contributed by atoms with Crippen molar-refractivity contribution in [1.29, 1.82) is 0 Å². The van der Waals surface area contributed by atoms with Crippen LogP contribution in [0.25, 0.3) is 0 Å². The van der Waals surface area contributed by atoms with Gasteiger partial charge in [-0.3, -0.25) is 0 Å². The van der Waals surface area contributed by atoms with Gasteiger partial charge in [0.15, 0.2) is 0 Å². The van der Waals surface area contributed by atoms with Crippen LogP contribution in [0.5, 0.6) is 0 Å². The van der Waals surface area contributed by atoms with Crippen molar-refractivity contribution in [3.8, 4) is 0 Å². The lowest BCUT2D eigenvalue weighted by molar-refractivity contribution is 0.257. The van der Waals surface area contributed by atoms with Crippen LogP contribution in [0, 0.1) is 0 Å². The quantitative estimate of drug-likeness (QED) is 0.720. The Morgan fingerprint density at radius 2 is 1.75 bits per heavy atom. The monoisotopic (exact) mass is 317 g/mol. The van der Waals surface area contributed by atoms with Crippen molar-refractivity contribution in [1.82, 2.24) is 4.31 Å². The van der Waals surface area contributed by atoms with Gasteiger partial charge in [0, 0.05) is 18.5 Å². The minimum absolute atomic E-state index is 0.344. The lowest BCUT2D eigenvalue weighted by atomic mass is 10.0. The lowest BCUT2D eigenvalue weighted by Crippen LogP contribution is -2.44. The predicted molar refractivity (Wildman–Crippen MR) is 84.8 cm³/mol. The molecule has 20 heavy (non-hydrogen) atoms. The molecule has 0 saturated heterocycles. The fraction of sp³-hybridized carbons (Fsp3) is 0.600. The van der Waals surface area contributed by atoms with Crippen molar-refractivity contribution < 1.29 is 8.42 Å². The molecule has 0 spiro atoms. The second kappa shape index (κ2) is 6.92. The van der Waals surface area contributed by atoms with E-state index in [1.54, 1.807) is 19.2 Å². The molecule has 0 saturated carbocycles. The third-order valence-corrected chi connectivity index (χ3v) is 6.25. The van der Waals surface area contributed by atoms with Crippen LogP contribution in [-0.2, 0) is 16.4 Å². The van der Waals surface area contributed by atoms with Gasteiger partial charge in [-0.25, -0.2) is 8.42 Å². The minimum Gasteiger partial charge on any atom is -0.207 e. The van der Waals surface area contributed by atoms with Gasteiger partial charge in [0.25, 0.3) is 0 Å². The molecule has 0 aliphatic carbocycles. The normalized spacial score (nSPS) is 12.9. The van der Waals surface area contributed by atoms with Gasteiger partial charge in [-0.15, -0.1) is 11.6 Å². The molecule has 0 unspecified atom stereocenters. The van der Waals surface area contributed by atoms with Gasteiger partial charge in [0.2, 0.25) is 10.0 Å². The molecule has 0 aliphatic rings. The number of rotatable bonds is 7. The zero-order valence-electron chi connectivity index (χ0n) is 12.7. The van der Waals surface area contributed by atoms with Crippen LogP contribution in [0.4, 0.5) is 0 Å². The summed E-state index contributed by atoms with van der Waals surface area (Å²) in [5.41, 5.74) is 0.720. The smallest absolute Gasteiger partial charge is 0.207 e. The van der Waals surface area contributed by atoms with Gasteiger partial charge in [0.05, 0.1) is 4.90 Å². The summed E-state index contributed by atoms with van der Waals surface area (Å²) in [5, 5.41) is 0. The zero-order chi connectivity index (χ0) is 15.4. The summed E-state index contributed by atoms with van der Waals surface area (Å²) in [6.45, 7) is 5.85. The second-order valence-corrected chi connectivity index (χ2v) is 7.92. The SMILES string of the molecule is CCC(C)(C)N(C)S(=O)(=O)c1ccc(CCCCl)cc1. The molecule has 3 nitrogen and oxygen atoms in total. The summed E-state index contributed by atoms with van der Waals surface area (Å²) in [7, 11) is -1.80. The minimum atomic E-state index is -3.44. The Balaban J connectivity index is 2.99. The highest BCUT2D eigenvalue weighted by Gasteiger charge is 2.32. The van der Waals surface area contributed by atoms with E-state index in [2.05, 4.69) is 0 Å². The molecular formula is C15H24ClNO2S. The van der Waals surface area contributed by atoms with Crippen molar-refractivity contribution in [2.75, 3.05) is 12.9 Å². The summed E-state index contributed by atoms with van der Waals surface area (Å²) in [4.78, 5) is 0.344. The Morgan fingerprint density at radius 3 is 2.20 bits per heavy atom. The molecular weight excluding hydrogens is 294 g/mol. The Hall–Kier alpha value is -0.580. The highest BCUT2D eigenvalue weighted by molar-refractivity contribution is 7.89. The molecule has 0 N–H and O–H groups in total. The van der Waals surface area contributed by atoms with Crippen molar-refractivity contribution >= 4 is 21.6 Å². The number of aryl methyl sites for hydroxylation is 1. The molecule has 0 atom stereocenters. The molecule has 0 fully saturated rings. The van der Waals surface area contributed by atoms with E-state index in [0.29, 0.717) is 10.8 Å². The van der Waals surface area contributed by atoms with Crippen molar-refractivity contribution in [3.63, 3.8) is 0 Å². The first-order valence-corrected chi connectivity index (χ1v) is 8.87. The van der Waals surface area contributed by atoms with Crippen LogP contribution >= 0.6 is 11.6 Å². The van der Waals surface area contributed by atoms with Gasteiger partial charge < -0.3 is 0 Å². The molecule has 0 heterocycles. The number of nitrogens with zero attached hydrogens (tertiary/aromatic N) is 1. The van der Waals surface area contributed by atoms with E-state index in [-0.39, 0.29) is 0 Å². The number of benzene rings is 1. The van der Waals surface area contributed by atoms with Crippen LogP contribution in [0.1, 0.15) is 39.2 Å². The first kappa shape index (κ1) is 17.5. The Kier molecular flexibility index (Phi) is 6.05. The number of hydrogen-bond donors (Lipinski definition) is 0. The molecule has 0 aliphatic heterocycles. The molecule has 0 amide bonds. The molecule has 1 aromatic carbocycles. The van der Waals surface area contributed by atoms with Gasteiger partial charge in [-0.1, -0.05) is 19.1 Å². The van der Waals surface area contributed by atoms with E-state index < -0.39 is 15.6 Å². The highest BCUT2D eigenvalue weighted by atomic mass is 35.5. The topological polar surface area (TPSA) is 37.4 Å². The Labute approximate surface area is 128 Å². The molecule has 0 bridgehead atoms. The fourth-order valence-electron chi connectivity index (χ4n) is 1.81. The third kappa shape index (κ3) is 3.96. The number of halogens is 1. The summed E-state index contributed by atoms with van der Waals surface area (Å²) in [5.74, 6) is 0.619. The summed E-state index contributed by atoms with van der Waals surface area (Å²) < 4.78 is 26.6. The van der Waals surface area contributed by atoms with Crippen LogP contribution in [0.15, 0.2) is 29.2 Å². The number of sulfonamides is 1. The maximum absolute atomic E-state index is 12.6. The molecule has 1 rings (SSSR count). The Bertz CT molecular complexity index is 523. The van der Waals surface area contributed by atoms with Gasteiger partial charge >= 0.3 is 0 Å². The summed E-state index contributed by atoms with van der Waals surface area (Å²) in [6, 6.07) is 7.10. The highest BCUT2D eigenvalue weighted by Crippen LogP contribution is 2.25. The maximum Gasteiger partial charge on any atom is 0.243 e. The van der Waals surface area contributed by atoms with Crippen molar-refractivity contribution in [2.24, 2.45) is 0 Å². The lowest BCUT2D eigenvalue weighted by Gasteiger charge is -2.33. The molecule has 0 aromatic heterocycles. The van der Waals surface area contributed by atoms with Crippen molar-refractivity contribution in [2.45, 2.75) is 50.5 Å². The Morgan fingerprint density at radius 1 is 1.20 bits per heavy atom. The van der Waals surface area contributed by atoms with Gasteiger partial charge in [0.1, 0.15) is 0 Å². The van der Waals surface area contributed by atoms with Crippen molar-refractivity contribution in [3.05, 3.63) is 29.8 Å². The number of alkyl halides is 1. The second-order valence-electron chi connectivity index (χ2n) is 5.58. The van der Waals surface area contributed by atoms with Gasteiger partial charge in [-0.05, 0) is 50.8 Å². The molecule has 5 heteroatoms. The van der Waals surface area contributed by atoms with E-state index in [9.17, 15) is 8.42 Å². The van der Waals surface area contributed by atoms with E-state index in [4.69, 9.17) is 11.6 Å². The maximum atomic E-state index is 12.6. The van der Waals surface area contributed by atoms with E-state index in [0.717, 1.165) is 24.8 Å². The van der Waals surface area contributed by atoms with Crippen LogP contribution < -0.4 is 0 Å². The molecule has 0 radical (unpaired) electrons. The molecule has 114 valence electrons. The van der Waals surface area contributed by atoms with E-state index >= 15 is 0 Å². The third-order valence-electron chi connectivity index (χ3n) is 3.90. The van der Waals surface area contributed by atoms with E-state index in [1.165, 1.54) is 4.31 Å². The van der Waals surface area contributed by atoms with Crippen LogP contribution in [0.2, 0.25) is 0 Å². The predicted octanol–water partition coefficient (Wildman–Crippen LogP) is 3.67. The average Bonchev–Trinajstić information content (AvgIpc) is 2.44. The fourth-order valence-corrected chi connectivity index (χ4v) is 3.51. The first-order valence-electron chi connectivity index (χ1n) is 6.89. The van der Waals surface area contributed by atoms with E-state index in [1.807, 2.05) is 32.9 Å². The molecule has 1 aromatic rings. The summed E-state index contributed by atoms with van der Waals surface area (Å²) in [6.07, 6.45) is 2.53. The standard InChI is InChI=1S/C15H24ClNO2S/c1-5-15(2,3)17(4)20(18,19)14-10-8-13(9-11-14)7-6-12-16/h8-11H,5-7,12H2,1-4H3. The number of hydrogen-bond acceptors (Lipinski definition) is 2. The largest absolute Gasteiger partial charge is 0.243 e. The van der Waals surface area contributed by atoms with Gasteiger partial charge in [-0.2, -0.15) is 4.31 Å². The summed E-state index contributed by atoms with van der Waals surface area (Å²) >= 11 is 5.66. The zero-order valence-corrected chi connectivity index (χ0v) is 14.3. The van der Waals surface area contributed by atoms with Crippen LogP contribution in [0.3, 0.4) is 0 Å².